The minimum absolute atomic E-state index is 0.260. The number of H-pyrrole nitrogens is 1. The van der Waals surface area contributed by atoms with Crippen LogP contribution >= 0.6 is 0 Å². The average Bonchev–Trinajstić information content (AvgIpc) is 2.99. The van der Waals surface area contributed by atoms with Crippen LogP contribution < -0.4 is 5.32 Å². The highest BCUT2D eigenvalue weighted by atomic mass is 16.6. The van der Waals surface area contributed by atoms with Crippen LogP contribution in [0.15, 0.2) is 60.8 Å². The first-order chi connectivity index (χ1) is 11.2. The fourth-order valence-corrected chi connectivity index (χ4v) is 2.63. The molecule has 4 heteroatoms. The van der Waals surface area contributed by atoms with Gasteiger partial charge in [0.05, 0.1) is 0 Å². The maximum absolute atomic E-state index is 11.9. The lowest BCUT2D eigenvalue weighted by Gasteiger charge is -2.14. The quantitative estimate of drug-likeness (QED) is 0.742. The summed E-state index contributed by atoms with van der Waals surface area (Å²) in [6.07, 6.45) is 2.11. The molecule has 0 saturated heterocycles. The van der Waals surface area contributed by atoms with Crippen LogP contribution in [0, 0.1) is 0 Å². The Morgan fingerprint density at radius 1 is 1.13 bits per heavy atom. The van der Waals surface area contributed by atoms with Gasteiger partial charge in [0.15, 0.2) is 0 Å². The van der Waals surface area contributed by atoms with Crippen LogP contribution in [0.5, 0.6) is 0 Å². The Balaban J connectivity index is 1.50. The van der Waals surface area contributed by atoms with Crippen LogP contribution in [0.25, 0.3) is 10.9 Å². The number of hydrogen-bond donors (Lipinski definition) is 2. The number of fused-ring (bicyclic) bond motifs is 1. The number of para-hydroxylation sites is 1. The maximum Gasteiger partial charge on any atom is 0.407 e. The molecular formula is C19H20N2O2. The Labute approximate surface area is 135 Å². The highest BCUT2D eigenvalue weighted by Gasteiger charge is 2.11. The Hall–Kier alpha value is -2.75. The first-order valence-electron chi connectivity index (χ1n) is 7.78. The maximum atomic E-state index is 11.9. The van der Waals surface area contributed by atoms with E-state index < -0.39 is 0 Å². The number of hydrogen-bond acceptors (Lipinski definition) is 2. The number of benzene rings is 2. The van der Waals surface area contributed by atoms with Crippen LogP contribution in [0.4, 0.5) is 4.79 Å². The van der Waals surface area contributed by atoms with Gasteiger partial charge in [0.2, 0.25) is 0 Å². The van der Waals surface area contributed by atoms with Crippen molar-refractivity contribution >= 4 is 17.0 Å². The second-order valence-electron chi connectivity index (χ2n) is 5.49. The molecule has 2 aromatic carbocycles. The molecule has 1 amide bonds. The number of alkyl carbamates (subject to hydrolysis) is 1. The molecule has 4 nitrogen and oxygen atoms in total. The van der Waals surface area contributed by atoms with Gasteiger partial charge in [-0.3, -0.25) is 0 Å². The lowest BCUT2D eigenvalue weighted by atomic mass is 10.1. The SMILES string of the molecule is C[C@@H](OC(=O)NCCc1c[nH]c2ccccc12)c1ccccc1. The van der Waals surface area contributed by atoms with Gasteiger partial charge in [-0.2, -0.15) is 0 Å². The van der Waals surface area contributed by atoms with Crippen LogP contribution in [-0.4, -0.2) is 17.6 Å². The first-order valence-corrected chi connectivity index (χ1v) is 7.78. The van der Waals surface area contributed by atoms with Crippen LogP contribution in [-0.2, 0) is 11.2 Å². The molecule has 3 rings (SSSR count). The molecule has 0 bridgehead atoms. The van der Waals surface area contributed by atoms with Crippen molar-refractivity contribution in [3.05, 3.63) is 71.9 Å². The van der Waals surface area contributed by atoms with Crippen molar-refractivity contribution in [2.75, 3.05) is 6.54 Å². The second-order valence-corrected chi connectivity index (χ2v) is 5.49. The van der Waals surface area contributed by atoms with E-state index >= 15 is 0 Å². The number of ether oxygens (including phenoxy) is 1. The lowest BCUT2D eigenvalue weighted by Crippen LogP contribution is -2.27. The number of amides is 1. The highest BCUT2D eigenvalue weighted by Crippen LogP contribution is 2.18. The predicted octanol–water partition coefficient (Wildman–Crippen LogP) is 4.20. The van der Waals surface area contributed by atoms with Crippen molar-refractivity contribution in [1.82, 2.24) is 10.3 Å². The molecule has 1 heterocycles. The van der Waals surface area contributed by atoms with Crippen molar-refractivity contribution in [1.29, 1.82) is 0 Å². The first kappa shape index (κ1) is 15.2. The van der Waals surface area contributed by atoms with Gasteiger partial charge in [-0.1, -0.05) is 48.5 Å². The van der Waals surface area contributed by atoms with Crippen molar-refractivity contribution in [2.45, 2.75) is 19.4 Å². The number of carbonyl (C=O) groups is 1. The summed E-state index contributed by atoms with van der Waals surface area (Å²) >= 11 is 0. The average molecular weight is 308 g/mol. The van der Waals surface area contributed by atoms with Crippen LogP contribution in [0.3, 0.4) is 0 Å². The van der Waals surface area contributed by atoms with Gasteiger partial charge in [-0.15, -0.1) is 0 Å². The van der Waals surface area contributed by atoms with Crippen molar-refractivity contribution in [3.63, 3.8) is 0 Å². The standard InChI is InChI=1S/C19H20N2O2/c1-14(15-7-3-2-4-8-15)23-19(22)20-12-11-16-13-21-18-10-6-5-9-17(16)18/h2-10,13-14,21H,11-12H2,1H3,(H,20,22)/t14-/m1/s1. The number of aromatic amines is 1. The zero-order valence-corrected chi connectivity index (χ0v) is 13.1. The third kappa shape index (κ3) is 3.72. The molecule has 0 unspecified atom stereocenters. The minimum Gasteiger partial charge on any atom is -0.442 e. The summed E-state index contributed by atoms with van der Waals surface area (Å²) in [6, 6.07) is 17.9. The van der Waals surface area contributed by atoms with Gasteiger partial charge in [-0.05, 0) is 30.5 Å². The number of rotatable bonds is 5. The van der Waals surface area contributed by atoms with Crippen LogP contribution in [0.2, 0.25) is 0 Å². The molecule has 23 heavy (non-hydrogen) atoms. The van der Waals surface area contributed by atoms with Crippen molar-refractivity contribution in [2.24, 2.45) is 0 Å². The topological polar surface area (TPSA) is 54.1 Å². The van der Waals surface area contributed by atoms with E-state index in [1.165, 1.54) is 10.9 Å². The summed E-state index contributed by atoms with van der Waals surface area (Å²) in [5.41, 5.74) is 3.29. The molecule has 0 aliphatic heterocycles. The number of aromatic nitrogens is 1. The van der Waals surface area contributed by atoms with Crippen molar-refractivity contribution < 1.29 is 9.53 Å². The van der Waals surface area contributed by atoms with Gasteiger partial charge in [0, 0.05) is 23.6 Å². The monoisotopic (exact) mass is 308 g/mol. The van der Waals surface area contributed by atoms with E-state index in [0.717, 1.165) is 17.5 Å². The van der Waals surface area contributed by atoms with Gasteiger partial charge in [0.25, 0.3) is 0 Å². The molecule has 0 spiro atoms. The molecule has 1 aromatic heterocycles. The summed E-state index contributed by atoms with van der Waals surface area (Å²) in [6.45, 7) is 2.41. The van der Waals surface area contributed by atoms with E-state index in [2.05, 4.69) is 16.4 Å². The van der Waals surface area contributed by atoms with Gasteiger partial charge >= 0.3 is 6.09 Å². The molecule has 0 fully saturated rings. The van der Waals surface area contributed by atoms with E-state index in [4.69, 9.17) is 4.74 Å². The normalized spacial score (nSPS) is 12.0. The Morgan fingerprint density at radius 2 is 1.87 bits per heavy atom. The highest BCUT2D eigenvalue weighted by molar-refractivity contribution is 5.83. The third-order valence-corrected chi connectivity index (χ3v) is 3.89. The van der Waals surface area contributed by atoms with Crippen molar-refractivity contribution in [3.8, 4) is 0 Å². The predicted molar refractivity (Wildman–Crippen MR) is 91.3 cm³/mol. The Kier molecular flexibility index (Phi) is 4.62. The molecular weight excluding hydrogens is 288 g/mol. The second kappa shape index (κ2) is 7.01. The molecule has 0 radical (unpaired) electrons. The molecule has 0 aliphatic rings. The van der Waals surface area contributed by atoms with E-state index in [9.17, 15) is 4.79 Å². The summed E-state index contributed by atoms with van der Waals surface area (Å²) in [5, 5.41) is 4.01. The molecule has 3 aromatic rings. The fourth-order valence-electron chi connectivity index (χ4n) is 2.63. The van der Waals surface area contributed by atoms with Gasteiger partial charge in [-0.25, -0.2) is 4.79 Å². The zero-order chi connectivity index (χ0) is 16.1. The van der Waals surface area contributed by atoms with Crippen LogP contribution in [0.1, 0.15) is 24.2 Å². The summed E-state index contributed by atoms with van der Waals surface area (Å²) < 4.78 is 5.39. The summed E-state index contributed by atoms with van der Waals surface area (Å²) in [5.74, 6) is 0. The summed E-state index contributed by atoms with van der Waals surface area (Å²) in [7, 11) is 0. The van der Waals surface area contributed by atoms with E-state index in [0.29, 0.717) is 6.54 Å². The number of carbonyl (C=O) groups excluding carboxylic acids is 1. The van der Waals surface area contributed by atoms with Gasteiger partial charge in [0.1, 0.15) is 6.10 Å². The fraction of sp³-hybridized carbons (Fsp3) is 0.211. The Morgan fingerprint density at radius 3 is 2.70 bits per heavy atom. The smallest absolute Gasteiger partial charge is 0.407 e. The number of nitrogens with one attached hydrogen (secondary N) is 2. The lowest BCUT2D eigenvalue weighted by molar-refractivity contribution is 0.107. The molecule has 0 aliphatic carbocycles. The molecule has 2 N–H and O–H groups in total. The third-order valence-electron chi connectivity index (χ3n) is 3.89. The zero-order valence-electron chi connectivity index (χ0n) is 13.1. The Bertz CT molecular complexity index is 780. The summed E-state index contributed by atoms with van der Waals surface area (Å²) in [4.78, 5) is 15.1. The van der Waals surface area contributed by atoms with E-state index in [-0.39, 0.29) is 12.2 Å². The minimum atomic E-state index is -0.388. The molecule has 0 saturated carbocycles. The van der Waals surface area contributed by atoms with E-state index in [1.807, 2.05) is 61.7 Å². The molecule has 118 valence electrons. The molecule has 1 atom stereocenters. The van der Waals surface area contributed by atoms with E-state index in [1.54, 1.807) is 0 Å². The largest absolute Gasteiger partial charge is 0.442 e. The van der Waals surface area contributed by atoms with Gasteiger partial charge < -0.3 is 15.0 Å².